The Bertz CT molecular complexity index is 289. The van der Waals surface area contributed by atoms with Gasteiger partial charge >= 0.3 is 0 Å². The third kappa shape index (κ3) is 1.37. The number of carbonyl (C=O) groups excluding carboxylic acids is 2. The predicted molar refractivity (Wildman–Crippen MR) is 43.8 cm³/mol. The quantitative estimate of drug-likeness (QED) is 0.449. The summed E-state index contributed by atoms with van der Waals surface area (Å²) in [6.07, 6.45) is 2.03. The zero-order valence-corrected chi connectivity index (χ0v) is 6.97. The van der Waals surface area contributed by atoms with Gasteiger partial charge in [-0.15, -0.1) is 0 Å². The zero-order chi connectivity index (χ0) is 9.14. The smallest absolute Gasteiger partial charge is 0.243 e. The van der Waals surface area contributed by atoms with Crippen molar-refractivity contribution in [3.63, 3.8) is 0 Å². The molecule has 0 bridgehead atoms. The topological polar surface area (TPSA) is 58.2 Å². The highest BCUT2D eigenvalue weighted by Crippen LogP contribution is 2.13. The van der Waals surface area contributed by atoms with Gasteiger partial charge in [0, 0.05) is 6.20 Å². The minimum atomic E-state index is -0.535. The minimum absolute atomic E-state index is 0.298. The maximum atomic E-state index is 11.0. The van der Waals surface area contributed by atoms with Crippen LogP contribution in [0.3, 0.4) is 0 Å². The molecular weight excluding hydrogens is 156 g/mol. The molecule has 0 unspecified atom stereocenters. The lowest BCUT2D eigenvalue weighted by Crippen LogP contribution is -2.35. The number of carbonyl (C=O) groups is 2. The monoisotopic (exact) mass is 166 g/mol. The molecule has 4 nitrogen and oxygen atoms in total. The van der Waals surface area contributed by atoms with E-state index in [1.807, 2.05) is 6.92 Å². The lowest BCUT2D eigenvalue weighted by Gasteiger charge is -2.17. The molecule has 1 aliphatic heterocycles. The van der Waals surface area contributed by atoms with Gasteiger partial charge in [-0.05, 0) is 25.0 Å². The number of hydrazine groups is 1. The van der Waals surface area contributed by atoms with Crippen molar-refractivity contribution < 1.29 is 9.59 Å². The summed E-state index contributed by atoms with van der Waals surface area (Å²) in [6.45, 7) is 3.65. The Morgan fingerprint density at radius 3 is 2.75 bits per heavy atom. The van der Waals surface area contributed by atoms with Gasteiger partial charge in [0.25, 0.3) is 0 Å². The molecular formula is C8H10N2O2. The minimum Gasteiger partial charge on any atom is -0.308 e. The Kier molecular flexibility index (Phi) is 2.28. The number of Topliss-reactive ketones (excluding diaryl/α,β-unsaturated/α-hetero) is 1. The summed E-state index contributed by atoms with van der Waals surface area (Å²) in [6, 6.07) is 0. The zero-order valence-electron chi connectivity index (χ0n) is 6.97. The summed E-state index contributed by atoms with van der Waals surface area (Å²) in [7, 11) is 0. The maximum absolute atomic E-state index is 11.0. The van der Waals surface area contributed by atoms with Gasteiger partial charge in [0.05, 0.1) is 0 Å². The second-order valence-corrected chi connectivity index (χ2v) is 2.58. The summed E-state index contributed by atoms with van der Waals surface area (Å²) >= 11 is 0. The van der Waals surface area contributed by atoms with E-state index in [2.05, 4.69) is 10.9 Å². The molecule has 64 valence electrons. The summed E-state index contributed by atoms with van der Waals surface area (Å²) < 4.78 is 0. The van der Waals surface area contributed by atoms with Gasteiger partial charge in [0.15, 0.2) is 6.29 Å². The molecule has 12 heavy (non-hydrogen) atoms. The first-order valence-corrected chi connectivity index (χ1v) is 3.56. The molecule has 0 radical (unpaired) electrons. The maximum Gasteiger partial charge on any atom is 0.243 e. The van der Waals surface area contributed by atoms with Gasteiger partial charge in [-0.3, -0.25) is 15.0 Å². The highest BCUT2D eigenvalue weighted by Gasteiger charge is 2.14. The number of rotatable bonds is 2. The molecule has 0 aromatic carbocycles. The molecule has 1 aliphatic rings. The molecule has 0 aromatic rings. The highest BCUT2D eigenvalue weighted by molar-refractivity contribution is 6.33. The average molecular weight is 166 g/mol. The first-order chi connectivity index (χ1) is 5.66. The molecule has 0 fully saturated rings. The molecule has 0 amide bonds. The van der Waals surface area contributed by atoms with Crippen molar-refractivity contribution in [2.45, 2.75) is 13.8 Å². The molecule has 4 heteroatoms. The van der Waals surface area contributed by atoms with Crippen molar-refractivity contribution in [3.05, 3.63) is 23.0 Å². The van der Waals surface area contributed by atoms with Crippen molar-refractivity contribution in [1.29, 1.82) is 0 Å². The van der Waals surface area contributed by atoms with Crippen LogP contribution in [0.1, 0.15) is 13.8 Å². The standard InChI is InChI=1S/C8H10N2O2/c1-5-3-9-10-8(6(5)2)7(12)4-11/h3-4,9-10H,1-2H3. The first-order valence-electron chi connectivity index (χ1n) is 3.56. The summed E-state index contributed by atoms with van der Waals surface area (Å²) in [4.78, 5) is 21.2. The van der Waals surface area contributed by atoms with E-state index in [1.165, 1.54) is 0 Å². The van der Waals surface area contributed by atoms with Crippen LogP contribution in [0.4, 0.5) is 0 Å². The van der Waals surface area contributed by atoms with E-state index >= 15 is 0 Å². The Morgan fingerprint density at radius 2 is 2.17 bits per heavy atom. The fourth-order valence-corrected chi connectivity index (χ4v) is 0.921. The Morgan fingerprint density at radius 1 is 1.50 bits per heavy atom. The number of aldehydes is 1. The van der Waals surface area contributed by atoms with E-state index in [0.29, 0.717) is 12.0 Å². The van der Waals surface area contributed by atoms with E-state index in [4.69, 9.17) is 0 Å². The second-order valence-electron chi connectivity index (χ2n) is 2.58. The summed E-state index contributed by atoms with van der Waals surface area (Å²) in [5, 5.41) is 0. The van der Waals surface area contributed by atoms with E-state index < -0.39 is 5.78 Å². The molecule has 0 saturated heterocycles. The Balaban J connectivity index is 3.02. The van der Waals surface area contributed by atoms with Crippen LogP contribution >= 0.6 is 0 Å². The van der Waals surface area contributed by atoms with Crippen LogP contribution in [0.15, 0.2) is 23.0 Å². The van der Waals surface area contributed by atoms with Crippen LogP contribution in [0, 0.1) is 0 Å². The van der Waals surface area contributed by atoms with E-state index in [1.54, 1.807) is 13.1 Å². The largest absolute Gasteiger partial charge is 0.308 e. The van der Waals surface area contributed by atoms with Crippen molar-refractivity contribution >= 4 is 12.1 Å². The van der Waals surface area contributed by atoms with Crippen molar-refractivity contribution in [1.82, 2.24) is 10.9 Å². The fraction of sp³-hybridized carbons (Fsp3) is 0.250. The number of ketones is 1. The molecule has 1 rings (SSSR count). The van der Waals surface area contributed by atoms with Crippen LogP contribution in [-0.4, -0.2) is 12.1 Å². The average Bonchev–Trinajstić information content (AvgIpc) is 2.08. The molecule has 0 spiro atoms. The van der Waals surface area contributed by atoms with Gasteiger partial charge in [-0.25, -0.2) is 0 Å². The third-order valence-electron chi connectivity index (χ3n) is 1.81. The van der Waals surface area contributed by atoms with Gasteiger partial charge in [-0.1, -0.05) is 0 Å². The normalized spacial score (nSPS) is 16.0. The van der Waals surface area contributed by atoms with Gasteiger partial charge in [0.2, 0.25) is 5.78 Å². The van der Waals surface area contributed by atoms with E-state index in [0.717, 1.165) is 11.1 Å². The Hall–Kier alpha value is -1.58. The van der Waals surface area contributed by atoms with Crippen molar-refractivity contribution in [2.75, 3.05) is 0 Å². The number of hydrogen-bond acceptors (Lipinski definition) is 4. The van der Waals surface area contributed by atoms with Crippen LogP contribution in [-0.2, 0) is 9.59 Å². The molecule has 0 aliphatic carbocycles. The second kappa shape index (κ2) is 3.21. The van der Waals surface area contributed by atoms with Gasteiger partial charge in [0.1, 0.15) is 5.70 Å². The third-order valence-corrected chi connectivity index (χ3v) is 1.81. The van der Waals surface area contributed by atoms with Gasteiger partial charge < -0.3 is 5.43 Å². The SMILES string of the molecule is CC1=CNNC(C(=O)C=O)=C1C. The van der Waals surface area contributed by atoms with Crippen molar-refractivity contribution in [2.24, 2.45) is 0 Å². The van der Waals surface area contributed by atoms with Crippen LogP contribution in [0.5, 0.6) is 0 Å². The Labute approximate surface area is 70.3 Å². The number of allylic oxidation sites excluding steroid dienone is 3. The summed E-state index contributed by atoms with van der Waals surface area (Å²) in [5.41, 5.74) is 7.37. The van der Waals surface area contributed by atoms with E-state index in [9.17, 15) is 9.59 Å². The molecule has 2 N–H and O–H groups in total. The number of nitrogens with one attached hydrogen (secondary N) is 2. The number of hydrogen-bond donors (Lipinski definition) is 2. The highest BCUT2D eigenvalue weighted by atomic mass is 16.2. The van der Waals surface area contributed by atoms with E-state index in [-0.39, 0.29) is 0 Å². The van der Waals surface area contributed by atoms with Crippen LogP contribution in [0.25, 0.3) is 0 Å². The molecule has 1 heterocycles. The predicted octanol–water partition coefficient (Wildman–Crippen LogP) is 0.0400. The first kappa shape index (κ1) is 8.52. The summed E-state index contributed by atoms with van der Waals surface area (Å²) in [5.74, 6) is -0.535. The fourth-order valence-electron chi connectivity index (χ4n) is 0.921. The van der Waals surface area contributed by atoms with Crippen LogP contribution in [0.2, 0.25) is 0 Å². The lowest BCUT2D eigenvalue weighted by atomic mass is 10.1. The molecule has 0 saturated carbocycles. The van der Waals surface area contributed by atoms with Gasteiger partial charge in [-0.2, -0.15) is 0 Å². The van der Waals surface area contributed by atoms with Crippen LogP contribution < -0.4 is 10.9 Å². The molecule has 0 atom stereocenters. The molecule has 0 aromatic heterocycles. The van der Waals surface area contributed by atoms with Crippen molar-refractivity contribution in [3.8, 4) is 0 Å². The lowest BCUT2D eigenvalue weighted by molar-refractivity contribution is -0.127.